The lowest BCUT2D eigenvalue weighted by Gasteiger charge is -1.92. The van der Waals surface area contributed by atoms with Crippen LogP contribution in [0.1, 0.15) is 16.2 Å². The van der Waals surface area contributed by atoms with Gasteiger partial charge in [-0.25, -0.2) is 4.39 Å². The lowest BCUT2D eigenvalue weighted by atomic mass is 10.2. The lowest BCUT2D eigenvalue weighted by molar-refractivity contribution is 0.103. The van der Waals surface area contributed by atoms with Crippen molar-refractivity contribution in [2.24, 2.45) is 0 Å². The monoisotopic (exact) mass is 243 g/mol. The van der Waals surface area contributed by atoms with Crippen molar-refractivity contribution in [3.8, 4) is 0 Å². The Kier molecular flexibility index (Phi) is 2.19. The van der Waals surface area contributed by atoms with Crippen molar-refractivity contribution in [2.75, 3.05) is 5.73 Å². The summed E-state index contributed by atoms with van der Waals surface area (Å²) in [5.41, 5.74) is 7.57. The van der Waals surface area contributed by atoms with Crippen LogP contribution in [0.25, 0.3) is 10.9 Å². The van der Waals surface area contributed by atoms with E-state index in [4.69, 9.17) is 5.73 Å². The molecule has 18 heavy (non-hydrogen) atoms. The zero-order valence-corrected chi connectivity index (χ0v) is 9.33. The molecule has 0 radical (unpaired) electrons. The third kappa shape index (κ3) is 1.66. The topological polar surface area (TPSA) is 74.7 Å². The molecule has 0 atom stereocenters. The Bertz CT molecular complexity index is 742. The predicted octanol–water partition coefficient (Wildman–Crippen LogP) is 2.45. The van der Waals surface area contributed by atoms with E-state index in [1.54, 1.807) is 24.4 Å². The number of aromatic amines is 2. The van der Waals surface area contributed by atoms with Crippen LogP contribution in [0.3, 0.4) is 0 Å². The number of rotatable bonds is 2. The fourth-order valence-corrected chi connectivity index (χ4v) is 1.91. The summed E-state index contributed by atoms with van der Waals surface area (Å²) in [6, 6.07) is 7.52. The molecule has 4 nitrogen and oxygen atoms in total. The van der Waals surface area contributed by atoms with Crippen molar-refractivity contribution in [3.05, 3.63) is 53.7 Å². The van der Waals surface area contributed by atoms with Gasteiger partial charge >= 0.3 is 0 Å². The van der Waals surface area contributed by atoms with E-state index >= 15 is 0 Å². The standard InChI is InChI=1S/C13H10FN3O/c14-8-1-2-10-7(3-8)4-12(17-10)13(18)11-5-9(15)6-16-11/h1-6,16-17H,15H2. The van der Waals surface area contributed by atoms with Gasteiger partial charge in [-0.05, 0) is 30.3 Å². The number of nitrogen functional groups attached to an aromatic ring is 1. The molecule has 4 N–H and O–H groups in total. The SMILES string of the molecule is Nc1c[nH]c(C(=O)c2cc3cc(F)ccc3[nH]2)c1. The smallest absolute Gasteiger partial charge is 0.225 e. The van der Waals surface area contributed by atoms with Crippen molar-refractivity contribution >= 4 is 22.4 Å². The van der Waals surface area contributed by atoms with Crippen LogP contribution in [0.15, 0.2) is 36.5 Å². The zero-order chi connectivity index (χ0) is 12.7. The highest BCUT2D eigenvalue weighted by Crippen LogP contribution is 2.19. The van der Waals surface area contributed by atoms with E-state index in [0.717, 1.165) is 5.52 Å². The van der Waals surface area contributed by atoms with Gasteiger partial charge in [-0.3, -0.25) is 4.79 Å². The molecule has 0 aliphatic heterocycles. The van der Waals surface area contributed by atoms with Gasteiger partial charge in [0.25, 0.3) is 0 Å². The summed E-state index contributed by atoms with van der Waals surface area (Å²) in [5, 5.41) is 0.665. The number of halogens is 1. The summed E-state index contributed by atoms with van der Waals surface area (Å²) in [4.78, 5) is 17.8. The van der Waals surface area contributed by atoms with Crippen LogP contribution < -0.4 is 5.73 Å². The predicted molar refractivity (Wildman–Crippen MR) is 66.9 cm³/mol. The second-order valence-electron chi connectivity index (χ2n) is 4.09. The van der Waals surface area contributed by atoms with Crippen LogP contribution in [-0.2, 0) is 0 Å². The average Bonchev–Trinajstić information content (AvgIpc) is 2.93. The molecule has 0 aliphatic rings. The minimum atomic E-state index is -0.329. The number of hydrogen-bond donors (Lipinski definition) is 3. The van der Waals surface area contributed by atoms with Gasteiger partial charge in [0.05, 0.1) is 11.4 Å². The highest BCUT2D eigenvalue weighted by atomic mass is 19.1. The average molecular weight is 243 g/mol. The van der Waals surface area contributed by atoms with E-state index < -0.39 is 0 Å². The third-order valence-electron chi connectivity index (χ3n) is 2.78. The molecule has 0 unspecified atom stereocenters. The van der Waals surface area contributed by atoms with Gasteiger partial charge in [-0.1, -0.05) is 0 Å². The Morgan fingerprint density at radius 3 is 2.72 bits per heavy atom. The van der Waals surface area contributed by atoms with Crippen molar-refractivity contribution in [1.29, 1.82) is 0 Å². The molecule has 90 valence electrons. The van der Waals surface area contributed by atoms with Gasteiger partial charge in [0, 0.05) is 22.8 Å². The fourth-order valence-electron chi connectivity index (χ4n) is 1.91. The molecule has 2 aromatic heterocycles. The molecule has 5 heteroatoms. The number of benzene rings is 1. The number of carbonyl (C=O) groups excluding carboxylic acids is 1. The van der Waals surface area contributed by atoms with Crippen molar-refractivity contribution in [3.63, 3.8) is 0 Å². The van der Waals surface area contributed by atoms with Gasteiger partial charge in [-0.2, -0.15) is 0 Å². The summed E-state index contributed by atoms with van der Waals surface area (Å²) in [6.45, 7) is 0. The molecule has 1 aromatic carbocycles. The van der Waals surface area contributed by atoms with Gasteiger partial charge in [0.2, 0.25) is 5.78 Å². The molecular formula is C13H10FN3O. The van der Waals surface area contributed by atoms with Gasteiger partial charge in [0.1, 0.15) is 5.82 Å². The first kappa shape index (κ1) is 10.6. The summed E-state index contributed by atoms with van der Waals surface area (Å²) in [6.07, 6.45) is 1.55. The molecule has 0 spiro atoms. The maximum Gasteiger partial charge on any atom is 0.225 e. The summed E-state index contributed by atoms with van der Waals surface area (Å²) in [5.74, 6) is -0.534. The van der Waals surface area contributed by atoms with Crippen LogP contribution in [0.2, 0.25) is 0 Å². The Morgan fingerprint density at radius 2 is 2.00 bits per heavy atom. The van der Waals surface area contributed by atoms with E-state index in [0.29, 0.717) is 22.5 Å². The molecule has 2 heterocycles. The van der Waals surface area contributed by atoms with E-state index in [9.17, 15) is 9.18 Å². The van der Waals surface area contributed by atoms with Crippen molar-refractivity contribution in [1.82, 2.24) is 9.97 Å². The molecule has 0 saturated carbocycles. The quantitative estimate of drug-likeness (QED) is 0.605. The van der Waals surface area contributed by atoms with Crippen LogP contribution in [-0.4, -0.2) is 15.8 Å². The molecule has 3 rings (SSSR count). The van der Waals surface area contributed by atoms with E-state index in [2.05, 4.69) is 9.97 Å². The molecule has 0 saturated heterocycles. The lowest BCUT2D eigenvalue weighted by Crippen LogP contribution is -2.01. The number of anilines is 1. The number of carbonyl (C=O) groups is 1. The van der Waals surface area contributed by atoms with Gasteiger partial charge in [-0.15, -0.1) is 0 Å². The number of hydrogen-bond acceptors (Lipinski definition) is 2. The first-order valence-electron chi connectivity index (χ1n) is 5.40. The second-order valence-corrected chi connectivity index (χ2v) is 4.09. The molecule has 0 aliphatic carbocycles. The van der Waals surface area contributed by atoms with Crippen molar-refractivity contribution < 1.29 is 9.18 Å². The second kappa shape index (κ2) is 3.73. The number of ketones is 1. The largest absolute Gasteiger partial charge is 0.397 e. The normalized spacial score (nSPS) is 10.9. The molecule has 0 bridgehead atoms. The Balaban J connectivity index is 2.06. The fraction of sp³-hybridized carbons (Fsp3) is 0. The molecule has 0 amide bonds. The summed E-state index contributed by atoms with van der Waals surface area (Å²) >= 11 is 0. The number of fused-ring (bicyclic) bond motifs is 1. The Hall–Kier alpha value is -2.56. The maximum atomic E-state index is 13.1. The van der Waals surface area contributed by atoms with Crippen LogP contribution in [0.4, 0.5) is 10.1 Å². The Morgan fingerprint density at radius 1 is 1.17 bits per heavy atom. The first-order chi connectivity index (χ1) is 8.63. The van der Waals surface area contributed by atoms with Crippen molar-refractivity contribution in [2.45, 2.75) is 0 Å². The highest BCUT2D eigenvalue weighted by molar-refractivity contribution is 6.09. The molecular weight excluding hydrogens is 233 g/mol. The number of aromatic nitrogens is 2. The number of nitrogens with one attached hydrogen (secondary N) is 2. The van der Waals surface area contributed by atoms with Gasteiger partial charge in [0.15, 0.2) is 0 Å². The van der Waals surface area contributed by atoms with Crippen LogP contribution >= 0.6 is 0 Å². The van der Waals surface area contributed by atoms with E-state index in [1.807, 2.05) is 0 Å². The number of H-pyrrole nitrogens is 2. The first-order valence-corrected chi connectivity index (χ1v) is 5.40. The maximum absolute atomic E-state index is 13.1. The van der Waals surface area contributed by atoms with Gasteiger partial charge < -0.3 is 15.7 Å². The zero-order valence-electron chi connectivity index (χ0n) is 9.33. The van der Waals surface area contributed by atoms with E-state index in [-0.39, 0.29) is 11.6 Å². The molecule has 3 aromatic rings. The van der Waals surface area contributed by atoms with Crippen LogP contribution in [0, 0.1) is 5.82 Å². The summed E-state index contributed by atoms with van der Waals surface area (Å²) < 4.78 is 13.1. The number of nitrogens with two attached hydrogens (primary N) is 1. The molecule has 0 fully saturated rings. The minimum absolute atomic E-state index is 0.205. The summed E-state index contributed by atoms with van der Waals surface area (Å²) in [7, 11) is 0. The van der Waals surface area contributed by atoms with E-state index in [1.165, 1.54) is 12.1 Å². The third-order valence-corrected chi connectivity index (χ3v) is 2.78. The highest BCUT2D eigenvalue weighted by Gasteiger charge is 2.13. The Labute approximate surface area is 102 Å². The minimum Gasteiger partial charge on any atom is -0.397 e. The van der Waals surface area contributed by atoms with Crippen LogP contribution in [0.5, 0.6) is 0 Å².